The molecule has 0 aromatic heterocycles. The number of carbonyl (C=O) groups excluding carboxylic acids is 1. The van der Waals surface area contributed by atoms with Crippen LogP contribution in [-0.4, -0.2) is 48.6 Å². The molecule has 0 spiro atoms. The predicted molar refractivity (Wildman–Crippen MR) is 95.0 cm³/mol. The van der Waals surface area contributed by atoms with Gasteiger partial charge in [0.1, 0.15) is 0 Å². The first-order valence-corrected chi connectivity index (χ1v) is 8.36. The number of hydrogen-bond acceptors (Lipinski definition) is 3. The van der Waals surface area contributed by atoms with Crippen LogP contribution in [0.2, 0.25) is 0 Å². The fourth-order valence-electron chi connectivity index (χ4n) is 4.31. The Bertz CT molecular complexity index is 357. The van der Waals surface area contributed by atoms with Gasteiger partial charge in [0.25, 0.3) is 0 Å². The van der Waals surface area contributed by atoms with Crippen LogP contribution in [0.1, 0.15) is 51.9 Å². The zero-order chi connectivity index (χ0) is 14.1. The van der Waals surface area contributed by atoms with Crippen molar-refractivity contribution < 1.29 is 4.79 Å². The van der Waals surface area contributed by atoms with E-state index >= 15 is 0 Å². The number of fused-ring (bicyclic) bond motifs is 2. The van der Waals surface area contributed by atoms with Crippen molar-refractivity contribution in [2.75, 3.05) is 13.6 Å². The standard InChI is InChI=1S/C16H29N3O.2ClH/c1-11-7-15(5-6-19(11)2)18-16(20)10-12-8-13-3-4-14(9-12)17-13;;/h11-15,17H,3-10H2,1-2H3,(H,18,20);2*1H. The summed E-state index contributed by atoms with van der Waals surface area (Å²) in [7, 11) is 2.17. The summed E-state index contributed by atoms with van der Waals surface area (Å²) in [5, 5.41) is 6.93. The molecule has 4 unspecified atom stereocenters. The van der Waals surface area contributed by atoms with Crippen molar-refractivity contribution in [3.63, 3.8) is 0 Å². The molecular weight excluding hydrogens is 321 g/mol. The van der Waals surface area contributed by atoms with E-state index in [4.69, 9.17) is 0 Å². The van der Waals surface area contributed by atoms with Gasteiger partial charge < -0.3 is 15.5 Å². The molecule has 3 saturated heterocycles. The molecule has 0 radical (unpaired) electrons. The maximum atomic E-state index is 12.3. The smallest absolute Gasteiger partial charge is 0.220 e. The topological polar surface area (TPSA) is 44.4 Å². The molecule has 0 aromatic carbocycles. The quantitative estimate of drug-likeness (QED) is 0.820. The van der Waals surface area contributed by atoms with Crippen molar-refractivity contribution in [1.29, 1.82) is 0 Å². The lowest BCUT2D eigenvalue weighted by Crippen LogP contribution is -2.48. The highest BCUT2D eigenvalue weighted by molar-refractivity contribution is 5.85. The summed E-state index contributed by atoms with van der Waals surface area (Å²) in [6.45, 7) is 3.35. The van der Waals surface area contributed by atoms with E-state index in [0.29, 0.717) is 30.1 Å². The van der Waals surface area contributed by atoms with Crippen LogP contribution >= 0.6 is 24.8 Å². The van der Waals surface area contributed by atoms with Crippen LogP contribution in [0.15, 0.2) is 0 Å². The number of likely N-dealkylation sites (tertiary alicyclic amines) is 1. The zero-order valence-corrected chi connectivity index (χ0v) is 15.3. The average molecular weight is 352 g/mol. The summed E-state index contributed by atoms with van der Waals surface area (Å²) in [5.41, 5.74) is 0. The van der Waals surface area contributed by atoms with Gasteiger partial charge in [-0.15, -0.1) is 24.8 Å². The first-order valence-electron chi connectivity index (χ1n) is 8.36. The molecule has 22 heavy (non-hydrogen) atoms. The van der Waals surface area contributed by atoms with E-state index < -0.39 is 0 Å². The number of rotatable bonds is 3. The monoisotopic (exact) mass is 351 g/mol. The van der Waals surface area contributed by atoms with Crippen molar-refractivity contribution in [3.8, 4) is 0 Å². The molecule has 3 aliphatic heterocycles. The number of hydrogen-bond donors (Lipinski definition) is 2. The minimum Gasteiger partial charge on any atom is -0.353 e. The van der Waals surface area contributed by atoms with Crippen LogP contribution in [-0.2, 0) is 4.79 Å². The number of piperidine rings is 2. The maximum absolute atomic E-state index is 12.3. The van der Waals surface area contributed by atoms with Crippen molar-refractivity contribution in [3.05, 3.63) is 0 Å². The SMILES string of the molecule is CC1CC(NC(=O)CC2CC3CCC(C2)N3)CCN1C.Cl.Cl. The largest absolute Gasteiger partial charge is 0.353 e. The molecule has 3 rings (SSSR count). The third kappa shape index (κ3) is 4.98. The molecule has 0 aromatic rings. The Morgan fingerprint density at radius 1 is 1.14 bits per heavy atom. The molecule has 3 heterocycles. The Kier molecular flexibility index (Phi) is 7.93. The van der Waals surface area contributed by atoms with E-state index in [1.807, 2.05) is 0 Å². The van der Waals surface area contributed by atoms with Gasteiger partial charge in [-0.3, -0.25) is 4.79 Å². The van der Waals surface area contributed by atoms with Crippen LogP contribution < -0.4 is 10.6 Å². The Morgan fingerprint density at radius 3 is 2.36 bits per heavy atom. The number of nitrogens with zero attached hydrogens (tertiary/aromatic N) is 1. The van der Waals surface area contributed by atoms with Gasteiger partial charge in [-0.1, -0.05) is 0 Å². The van der Waals surface area contributed by atoms with E-state index in [1.54, 1.807) is 0 Å². The van der Waals surface area contributed by atoms with Crippen molar-refractivity contribution in [1.82, 2.24) is 15.5 Å². The molecule has 1 amide bonds. The normalized spacial score (nSPS) is 37.8. The highest BCUT2D eigenvalue weighted by Crippen LogP contribution is 2.32. The second-order valence-corrected chi connectivity index (χ2v) is 7.30. The Balaban J connectivity index is 0.00000121. The first kappa shape index (κ1) is 20.0. The zero-order valence-electron chi connectivity index (χ0n) is 13.7. The highest BCUT2D eigenvalue weighted by Gasteiger charge is 2.34. The van der Waals surface area contributed by atoms with Gasteiger partial charge in [0.15, 0.2) is 0 Å². The number of halogens is 2. The van der Waals surface area contributed by atoms with Crippen molar-refractivity contribution in [2.45, 2.75) is 76.0 Å². The van der Waals surface area contributed by atoms with Crippen LogP contribution in [0.4, 0.5) is 0 Å². The van der Waals surface area contributed by atoms with Crippen molar-refractivity contribution >= 4 is 30.7 Å². The van der Waals surface area contributed by atoms with Crippen molar-refractivity contribution in [2.24, 2.45) is 5.92 Å². The van der Waals surface area contributed by atoms with Gasteiger partial charge in [0.05, 0.1) is 0 Å². The fourth-order valence-corrected chi connectivity index (χ4v) is 4.31. The van der Waals surface area contributed by atoms with Crippen LogP contribution in [0, 0.1) is 5.92 Å². The Labute approximate surface area is 147 Å². The molecule has 2 N–H and O–H groups in total. The van der Waals surface area contributed by atoms with E-state index in [2.05, 4.69) is 29.5 Å². The second kappa shape index (κ2) is 8.72. The molecule has 0 aliphatic carbocycles. The molecule has 6 heteroatoms. The van der Waals surface area contributed by atoms with Crippen LogP contribution in [0.3, 0.4) is 0 Å². The third-order valence-corrected chi connectivity index (χ3v) is 5.62. The van der Waals surface area contributed by atoms with E-state index in [1.165, 1.54) is 25.7 Å². The minimum atomic E-state index is 0. The molecular formula is C16H31Cl2N3O. The predicted octanol–water partition coefficient (Wildman–Crippen LogP) is 2.35. The summed E-state index contributed by atoms with van der Waals surface area (Å²) < 4.78 is 0. The summed E-state index contributed by atoms with van der Waals surface area (Å²) in [6, 6.07) is 2.36. The molecule has 0 saturated carbocycles. The lowest BCUT2D eigenvalue weighted by atomic mass is 9.89. The third-order valence-electron chi connectivity index (χ3n) is 5.62. The Hall–Kier alpha value is -0.0300. The Morgan fingerprint density at radius 2 is 1.77 bits per heavy atom. The van der Waals surface area contributed by atoms with Gasteiger partial charge in [0.2, 0.25) is 5.91 Å². The summed E-state index contributed by atoms with van der Waals surface area (Å²) in [5.74, 6) is 0.899. The molecule has 2 bridgehead atoms. The van der Waals surface area contributed by atoms with Crippen LogP contribution in [0.25, 0.3) is 0 Å². The fraction of sp³-hybridized carbons (Fsp3) is 0.938. The number of amides is 1. The molecule has 130 valence electrons. The minimum absolute atomic E-state index is 0. The molecule has 4 atom stereocenters. The van der Waals surface area contributed by atoms with Crippen LogP contribution in [0.5, 0.6) is 0 Å². The first-order chi connectivity index (χ1) is 9.60. The second-order valence-electron chi connectivity index (χ2n) is 7.30. The highest BCUT2D eigenvalue weighted by atomic mass is 35.5. The molecule has 3 fully saturated rings. The lowest BCUT2D eigenvalue weighted by Gasteiger charge is -2.35. The summed E-state index contributed by atoms with van der Waals surface area (Å²) in [6.07, 6.45) is 7.98. The summed E-state index contributed by atoms with van der Waals surface area (Å²) in [4.78, 5) is 14.6. The van der Waals surface area contributed by atoms with Gasteiger partial charge in [-0.25, -0.2) is 0 Å². The number of carbonyl (C=O) groups is 1. The van der Waals surface area contributed by atoms with Gasteiger partial charge in [-0.05, 0) is 58.4 Å². The molecule has 4 nitrogen and oxygen atoms in total. The molecule has 3 aliphatic rings. The lowest BCUT2D eigenvalue weighted by molar-refractivity contribution is -0.123. The van der Waals surface area contributed by atoms with Gasteiger partial charge >= 0.3 is 0 Å². The van der Waals surface area contributed by atoms with E-state index in [-0.39, 0.29) is 30.7 Å². The van der Waals surface area contributed by atoms with E-state index in [0.717, 1.165) is 25.8 Å². The van der Waals surface area contributed by atoms with Gasteiger partial charge in [-0.2, -0.15) is 0 Å². The summed E-state index contributed by atoms with van der Waals surface area (Å²) >= 11 is 0. The number of nitrogens with one attached hydrogen (secondary N) is 2. The van der Waals surface area contributed by atoms with E-state index in [9.17, 15) is 4.79 Å². The maximum Gasteiger partial charge on any atom is 0.220 e. The average Bonchev–Trinajstić information content (AvgIpc) is 2.73. The van der Waals surface area contributed by atoms with Gasteiger partial charge in [0, 0.05) is 37.1 Å².